The van der Waals surface area contributed by atoms with Crippen molar-refractivity contribution in [1.29, 1.82) is 5.26 Å². The van der Waals surface area contributed by atoms with Crippen LogP contribution in [0.3, 0.4) is 0 Å². The number of nitriles is 1. The van der Waals surface area contributed by atoms with Crippen LogP contribution >= 0.6 is 22.6 Å². The lowest BCUT2D eigenvalue weighted by atomic mass is 10.1. The Morgan fingerprint density at radius 2 is 1.68 bits per heavy atom. The Labute approximate surface area is 230 Å². The topological polar surface area (TPSA) is 71.3 Å². The molecule has 0 heterocycles. The van der Waals surface area contributed by atoms with E-state index < -0.39 is 5.91 Å². The highest BCUT2D eigenvalue weighted by Crippen LogP contribution is 2.36. The molecular weight excluding hydrogens is 575 g/mol. The van der Waals surface area contributed by atoms with Crippen molar-refractivity contribution in [2.75, 3.05) is 11.9 Å². The van der Waals surface area contributed by atoms with Crippen LogP contribution in [-0.4, -0.2) is 12.5 Å². The van der Waals surface area contributed by atoms with E-state index in [1.54, 1.807) is 12.1 Å². The third-order valence-corrected chi connectivity index (χ3v) is 6.63. The molecule has 0 saturated carbocycles. The summed E-state index contributed by atoms with van der Waals surface area (Å²) in [7, 11) is 0. The van der Waals surface area contributed by atoms with Gasteiger partial charge in [0, 0.05) is 5.69 Å². The minimum absolute atomic E-state index is 0.00245. The van der Waals surface area contributed by atoms with Gasteiger partial charge in [-0.15, -0.1) is 0 Å². The Kier molecular flexibility index (Phi) is 8.81. The van der Waals surface area contributed by atoms with E-state index in [0.717, 1.165) is 20.9 Å². The van der Waals surface area contributed by atoms with Crippen LogP contribution in [0.15, 0.2) is 84.4 Å². The molecule has 4 aromatic rings. The summed E-state index contributed by atoms with van der Waals surface area (Å²) in [5.41, 5.74) is 3.55. The van der Waals surface area contributed by atoms with E-state index in [1.807, 2.05) is 55.5 Å². The number of benzene rings is 4. The van der Waals surface area contributed by atoms with Gasteiger partial charge < -0.3 is 14.8 Å². The van der Waals surface area contributed by atoms with Gasteiger partial charge in [0.2, 0.25) is 0 Å². The van der Waals surface area contributed by atoms with E-state index in [-0.39, 0.29) is 5.57 Å². The SMILES string of the molecule is CCOc1cc(/C=C(\C#N)C(=O)Nc2ccc(CC)cc2)cc(I)c1OCc1ccc2ccccc2c1. The maximum Gasteiger partial charge on any atom is 0.266 e. The minimum atomic E-state index is -0.462. The van der Waals surface area contributed by atoms with Gasteiger partial charge in [-0.1, -0.05) is 55.5 Å². The number of hydrogen-bond donors (Lipinski definition) is 1. The van der Waals surface area contributed by atoms with E-state index in [2.05, 4.69) is 65.2 Å². The highest BCUT2D eigenvalue weighted by atomic mass is 127. The molecule has 0 unspecified atom stereocenters. The maximum atomic E-state index is 12.8. The van der Waals surface area contributed by atoms with Crippen molar-refractivity contribution in [1.82, 2.24) is 0 Å². The fraction of sp³-hybridized carbons (Fsp3) is 0.161. The first-order chi connectivity index (χ1) is 18.0. The number of ether oxygens (including phenoxy) is 2. The first-order valence-electron chi connectivity index (χ1n) is 12.1. The fourth-order valence-electron chi connectivity index (χ4n) is 3.90. The van der Waals surface area contributed by atoms with Crippen LogP contribution in [0, 0.1) is 14.9 Å². The molecule has 0 aliphatic heterocycles. The number of anilines is 1. The maximum absolute atomic E-state index is 12.8. The van der Waals surface area contributed by atoms with Crippen LogP contribution in [0.4, 0.5) is 5.69 Å². The molecule has 0 atom stereocenters. The zero-order chi connectivity index (χ0) is 26.2. The van der Waals surface area contributed by atoms with Gasteiger partial charge in [-0.05, 0) is 99.8 Å². The molecule has 0 aromatic heterocycles. The normalized spacial score (nSPS) is 11.1. The molecule has 0 bridgehead atoms. The lowest BCUT2D eigenvalue weighted by Crippen LogP contribution is -2.13. The zero-order valence-electron chi connectivity index (χ0n) is 20.8. The molecule has 0 fully saturated rings. The number of fused-ring (bicyclic) bond motifs is 1. The molecule has 1 N–H and O–H groups in total. The second-order valence-electron chi connectivity index (χ2n) is 8.41. The lowest BCUT2D eigenvalue weighted by Gasteiger charge is -2.15. The van der Waals surface area contributed by atoms with Crippen molar-refractivity contribution in [3.05, 3.63) is 105 Å². The second kappa shape index (κ2) is 12.4. The Balaban J connectivity index is 1.54. The molecule has 0 radical (unpaired) electrons. The number of carbonyl (C=O) groups is 1. The Morgan fingerprint density at radius 1 is 0.946 bits per heavy atom. The standard InChI is InChI=1S/C31H27IN2O3/c1-3-21-10-13-27(14-11-21)34-31(35)26(19-33)16-23-17-28(32)30(29(18-23)36-4-2)37-20-22-9-12-24-7-5-6-8-25(24)15-22/h5-18H,3-4,20H2,1-2H3,(H,34,35)/b26-16+. The summed E-state index contributed by atoms with van der Waals surface area (Å²) in [6.07, 6.45) is 2.48. The van der Waals surface area contributed by atoms with Crippen LogP contribution < -0.4 is 14.8 Å². The van der Waals surface area contributed by atoms with E-state index in [9.17, 15) is 10.1 Å². The highest BCUT2D eigenvalue weighted by molar-refractivity contribution is 14.1. The average molecular weight is 602 g/mol. The zero-order valence-corrected chi connectivity index (χ0v) is 22.9. The molecular formula is C31H27IN2O3. The van der Waals surface area contributed by atoms with E-state index in [0.29, 0.717) is 36.0 Å². The van der Waals surface area contributed by atoms with E-state index >= 15 is 0 Å². The van der Waals surface area contributed by atoms with Gasteiger partial charge in [-0.2, -0.15) is 5.26 Å². The summed E-state index contributed by atoms with van der Waals surface area (Å²) in [6, 6.07) is 27.7. The Bertz CT molecular complexity index is 1490. The number of nitrogens with one attached hydrogen (secondary N) is 1. The molecule has 0 aliphatic carbocycles. The minimum Gasteiger partial charge on any atom is -0.490 e. The highest BCUT2D eigenvalue weighted by Gasteiger charge is 2.15. The predicted octanol–water partition coefficient (Wildman–Crippen LogP) is 7.53. The predicted molar refractivity (Wildman–Crippen MR) is 157 cm³/mol. The van der Waals surface area contributed by atoms with Gasteiger partial charge in [-0.3, -0.25) is 4.79 Å². The molecule has 1 amide bonds. The molecule has 5 nitrogen and oxygen atoms in total. The van der Waals surface area contributed by atoms with E-state index in [4.69, 9.17) is 9.47 Å². The molecule has 0 spiro atoms. The number of rotatable bonds is 9. The number of halogens is 1. The van der Waals surface area contributed by atoms with Crippen molar-refractivity contribution in [3.8, 4) is 17.6 Å². The molecule has 186 valence electrons. The smallest absolute Gasteiger partial charge is 0.266 e. The molecule has 4 aromatic carbocycles. The van der Waals surface area contributed by atoms with Gasteiger partial charge >= 0.3 is 0 Å². The largest absolute Gasteiger partial charge is 0.490 e. The van der Waals surface area contributed by atoms with Crippen molar-refractivity contribution in [2.45, 2.75) is 26.9 Å². The van der Waals surface area contributed by atoms with Crippen molar-refractivity contribution < 1.29 is 14.3 Å². The third-order valence-electron chi connectivity index (χ3n) is 5.82. The third kappa shape index (κ3) is 6.69. The fourth-order valence-corrected chi connectivity index (χ4v) is 4.68. The number of carbonyl (C=O) groups excluding carboxylic acids is 1. The van der Waals surface area contributed by atoms with Crippen LogP contribution in [0.25, 0.3) is 16.8 Å². The van der Waals surface area contributed by atoms with Gasteiger partial charge in [0.1, 0.15) is 18.2 Å². The summed E-state index contributed by atoms with van der Waals surface area (Å²) in [5.74, 6) is 0.734. The number of amides is 1. The van der Waals surface area contributed by atoms with Crippen LogP contribution in [-0.2, 0) is 17.8 Å². The van der Waals surface area contributed by atoms with Gasteiger partial charge in [0.05, 0.1) is 10.2 Å². The molecule has 0 saturated heterocycles. The summed E-state index contributed by atoms with van der Waals surface area (Å²) < 4.78 is 12.9. The Morgan fingerprint density at radius 3 is 2.38 bits per heavy atom. The van der Waals surface area contributed by atoms with Crippen molar-refractivity contribution in [2.24, 2.45) is 0 Å². The summed E-state index contributed by atoms with van der Waals surface area (Å²) in [6.45, 7) is 4.82. The molecule has 0 aliphatic rings. The lowest BCUT2D eigenvalue weighted by molar-refractivity contribution is -0.112. The van der Waals surface area contributed by atoms with Crippen LogP contribution in [0.2, 0.25) is 0 Å². The van der Waals surface area contributed by atoms with Gasteiger partial charge in [-0.25, -0.2) is 0 Å². The number of aryl methyl sites for hydroxylation is 1. The van der Waals surface area contributed by atoms with Gasteiger partial charge in [0.25, 0.3) is 5.91 Å². The van der Waals surface area contributed by atoms with E-state index in [1.165, 1.54) is 10.9 Å². The quantitative estimate of drug-likeness (QED) is 0.122. The average Bonchev–Trinajstić information content (AvgIpc) is 2.91. The van der Waals surface area contributed by atoms with Crippen molar-refractivity contribution >= 4 is 51.0 Å². The first-order valence-corrected chi connectivity index (χ1v) is 13.2. The first kappa shape index (κ1) is 26.2. The number of hydrogen-bond acceptors (Lipinski definition) is 4. The van der Waals surface area contributed by atoms with Crippen molar-refractivity contribution in [3.63, 3.8) is 0 Å². The monoisotopic (exact) mass is 602 g/mol. The molecule has 4 rings (SSSR count). The summed E-state index contributed by atoms with van der Waals surface area (Å²) in [5, 5.41) is 14.8. The second-order valence-corrected chi connectivity index (χ2v) is 9.57. The number of nitrogens with zero attached hydrogens (tertiary/aromatic N) is 1. The van der Waals surface area contributed by atoms with Gasteiger partial charge in [0.15, 0.2) is 11.5 Å². The summed E-state index contributed by atoms with van der Waals surface area (Å²) in [4.78, 5) is 12.8. The van der Waals surface area contributed by atoms with Crippen LogP contribution in [0.5, 0.6) is 11.5 Å². The van der Waals surface area contributed by atoms with Crippen LogP contribution in [0.1, 0.15) is 30.5 Å². The molecule has 37 heavy (non-hydrogen) atoms. The molecule has 6 heteroatoms. The summed E-state index contributed by atoms with van der Waals surface area (Å²) >= 11 is 2.19. The Hall–Kier alpha value is -3.83.